The molecule has 0 aliphatic carbocycles. The van der Waals surface area contributed by atoms with E-state index in [9.17, 15) is 22.8 Å². The molecule has 2 saturated heterocycles. The SMILES string of the molecule is COc1ccc2cc1NCC#Cc1nc3c(nccn3c1SC(F)(F)F)N[C@@H]1CCN(C[C@@H]1F)C(=O)[C@@H]1CCN(CCNC2=O)C1. The topological polar surface area (TPSA) is 116 Å². The molecule has 1 unspecified atom stereocenters. The van der Waals surface area contributed by atoms with Gasteiger partial charge in [-0.3, -0.25) is 14.0 Å². The Labute approximate surface area is 266 Å². The van der Waals surface area contributed by atoms with Gasteiger partial charge in [0.25, 0.3) is 5.91 Å². The second kappa shape index (κ2) is 13.2. The first-order valence-electron chi connectivity index (χ1n) is 14.8. The molecule has 46 heavy (non-hydrogen) atoms. The number of anilines is 2. The molecule has 2 fully saturated rings. The molecule has 4 atom stereocenters. The molecule has 0 saturated carbocycles. The Morgan fingerprint density at radius 2 is 1.96 bits per heavy atom. The van der Waals surface area contributed by atoms with E-state index in [0.717, 1.165) is 0 Å². The average molecular weight is 661 g/mol. The summed E-state index contributed by atoms with van der Waals surface area (Å²) in [6.07, 6.45) is 2.15. The minimum Gasteiger partial charge on any atom is -0.495 e. The predicted octanol–water partition coefficient (Wildman–Crippen LogP) is 3.23. The molecule has 0 radical (unpaired) electrons. The van der Waals surface area contributed by atoms with Crippen LogP contribution in [0.15, 0.2) is 35.6 Å². The third kappa shape index (κ3) is 6.95. The summed E-state index contributed by atoms with van der Waals surface area (Å²) in [6, 6.07) is 4.15. The Kier molecular flexibility index (Phi) is 9.14. The highest BCUT2D eigenvalue weighted by molar-refractivity contribution is 8.00. The van der Waals surface area contributed by atoms with Crippen LogP contribution in [-0.2, 0) is 4.79 Å². The number of piperidine rings is 1. The van der Waals surface area contributed by atoms with Crippen LogP contribution >= 0.6 is 11.8 Å². The number of methoxy groups -OCH3 is 1. The first-order valence-corrected chi connectivity index (χ1v) is 15.6. The molecule has 8 bridgehead atoms. The maximum absolute atomic E-state index is 15.5. The van der Waals surface area contributed by atoms with Crippen molar-refractivity contribution in [2.45, 2.75) is 35.6 Å². The van der Waals surface area contributed by atoms with E-state index in [1.54, 1.807) is 23.1 Å². The van der Waals surface area contributed by atoms with E-state index in [4.69, 9.17) is 4.74 Å². The van der Waals surface area contributed by atoms with Crippen LogP contribution in [0.2, 0.25) is 0 Å². The van der Waals surface area contributed by atoms with Crippen LogP contribution in [0, 0.1) is 17.8 Å². The molecule has 11 nitrogen and oxygen atoms in total. The van der Waals surface area contributed by atoms with Gasteiger partial charge in [0.2, 0.25) is 5.91 Å². The maximum atomic E-state index is 15.5. The Hall–Kier alpha value is -4.23. The van der Waals surface area contributed by atoms with Gasteiger partial charge in [-0.05, 0) is 43.5 Å². The lowest BCUT2D eigenvalue weighted by molar-refractivity contribution is -0.137. The zero-order valence-corrected chi connectivity index (χ0v) is 25.7. The Balaban J connectivity index is 1.34. The number of ether oxygens (including phenoxy) is 1. The number of nitrogens with one attached hydrogen (secondary N) is 3. The van der Waals surface area contributed by atoms with Crippen molar-refractivity contribution in [3.8, 4) is 17.6 Å². The summed E-state index contributed by atoms with van der Waals surface area (Å²) in [5.74, 6) is 5.42. The molecular formula is C30H32F4N8O3S. The zero-order valence-electron chi connectivity index (χ0n) is 24.9. The molecule has 3 aromatic rings. The third-order valence-electron chi connectivity index (χ3n) is 8.26. The number of carbonyl (C=O) groups is 2. The standard InChI is InChI=1S/C30H32F4N8O3S/c1-45-24-5-4-18-15-23(24)35-8-2-3-22-29(46-30(32,33)34)42-14-10-36-25(26(42)39-22)38-21-7-12-41(17-20(21)31)28(44)19-6-11-40(16-19)13-9-37-27(18)43/h4-5,10,14-15,19-21,35H,6-9,11-13,16-17H2,1H3,(H,36,38)(H,37,43)/t19-,20+,21-/m1/s1. The summed E-state index contributed by atoms with van der Waals surface area (Å²) in [5.41, 5.74) is -3.84. The molecular weight excluding hydrogens is 628 g/mol. The van der Waals surface area contributed by atoms with Crippen LogP contribution in [0.5, 0.6) is 5.75 Å². The molecule has 0 spiro atoms. The molecule has 1 aromatic carbocycles. The number of amides is 2. The number of benzene rings is 1. The number of thioether (sulfide) groups is 1. The van der Waals surface area contributed by atoms with Gasteiger partial charge in [0, 0.05) is 55.9 Å². The smallest absolute Gasteiger partial charge is 0.447 e. The first-order chi connectivity index (χ1) is 22.1. The van der Waals surface area contributed by atoms with Crippen molar-refractivity contribution in [1.82, 2.24) is 29.5 Å². The fourth-order valence-corrected chi connectivity index (χ4v) is 6.63. The van der Waals surface area contributed by atoms with Crippen molar-refractivity contribution in [2.75, 3.05) is 63.6 Å². The predicted molar refractivity (Wildman–Crippen MR) is 164 cm³/mol. The Morgan fingerprint density at radius 3 is 2.74 bits per heavy atom. The number of hydrogen-bond acceptors (Lipinski definition) is 9. The van der Waals surface area contributed by atoms with Crippen molar-refractivity contribution >= 4 is 40.7 Å². The number of carbonyl (C=O) groups excluding carboxylic acids is 2. The van der Waals surface area contributed by atoms with Gasteiger partial charge >= 0.3 is 5.51 Å². The van der Waals surface area contributed by atoms with Gasteiger partial charge in [0.15, 0.2) is 11.5 Å². The summed E-state index contributed by atoms with van der Waals surface area (Å²) < 4.78 is 63.0. The molecule has 3 N–H and O–H groups in total. The van der Waals surface area contributed by atoms with Gasteiger partial charge in [0.05, 0.1) is 37.8 Å². The quantitative estimate of drug-likeness (QED) is 0.217. The van der Waals surface area contributed by atoms with Crippen LogP contribution in [0.25, 0.3) is 5.65 Å². The molecule has 6 heterocycles. The summed E-state index contributed by atoms with van der Waals surface area (Å²) in [5, 5.41) is 8.74. The molecule has 2 amide bonds. The highest BCUT2D eigenvalue weighted by atomic mass is 32.2. The van der Waals surface area contributed by atoms with Gasteiger partial charge in [-0.2, -0.15) is 13.2 Å². The van der Waals surface area contributed by atoms with E-state index in [1.807, 2.05) is 0 Å². The van der Waals surface area contributed by atoms with E-state index in [2.05, 4.69) is 42.7 Å². The lowest BCUT2D eigenvalue weighted by Crippen LogP contribution is -2.51. The van der Waals surface area contributed by atoms with Crippen LogP contribution in [0.4, 0.5) is 29.1 Å². The second-order valence-electron chi connectivity index (χ2n) is 11.2. The minimum atomic E-state index is -4.63. The fraction of sp³-hybridized carbons (Fsp3) is 0.467. The monoisotopic (exact) mass is 660 g/mol. The highest BCUT2D eigenvalue weighted by Gasteiger charge is 2.38. The zero-order chi connectivity index (χ0) is 32.4. The van der Waals surface area contributed by atoms with Gasteiger partial charge in [-0.25, -0.2) is 14.4 Å². The normalized spacial score (nSPS) is 24.1. The number of aromatic nitrogens is 3. The number of alkyl halides is 4. The Morgan fingerprint density at radius 1 is 1.11 bits per heavy atom. The summed E-state index contributed by atoms with van der Waals surface area (Å²) in [7, 11) is 1.48. The van der Waals surface area contributed by atoms with Crippen LogP contribution in [0.1, 0.15) is 28.9 Å². The highest BCUT2D eigenvalue weighted by Crippen LogP contribution is 2.39. The van der Waals surface area contributed by atoms with E-state index >= 15 is 4.39 Å². The number of rotatable bonds is 2. The van der Waals surface area contributed by atoms with Crippen molar-refractivity contribution in [1.29, 1.82) is 0 Å². The van der Waals surface area contributed by atoms with E-state index in [0.29, 0.717) is 56.1 Å². The molecule has 4 aliphatic heterocycles. The lowest BCUT2D eigenvalue weighted by Gasteiger charge is -2.36. The van der Waals surface area contributed by atoms with Crippen molar-refractivity contribution in [3.05, 3.63) is 41.9 Å². The maximum Gasteiger partial charge on any atom is 0.447 e. The summed E-state index contributed by atoms with van der Waals surface area (Å²) in [4.78, 5) is 38.5. The number of nitrogens with zero attached hydrogens (tertiary/aromatic N) is 5. The van der Waals surface area contributed by atoms with Gasteiger partial charge in [-0.1, -0.05) is 5.92 Å². The van der Waals surface area contributed by atoms with Gasteiger partial charge in [0.1, 0.15) is 22.6 Å². The first kappa shape index (κ1) is 31.7. The van der Waals surface area contributed by atoms with Crippen molar-refractivity contribution in [3.63, 3.8) is 0 Å². The van der Waals surface area contributed by atoms with Crippen LogP contribution < -0.4 is 20.7 Å². The second-order valence-corrected chi connectivity index (χ2v) is 12.3. The van der Waals surface area contributed by atoms with Crippen LogP contribution in [0.3, 0.4) is 0 Å². The van der Waals surface area contributed by atoms with Gasteiger partial charge in [-0.15, -0.1) is 0 Å². The number of fused-ring (bicyclic) bond motifs is 7. The Bertz CT molecular complexity index is 1690. The molecule has 2 aromatic heterocycles. The molecule has 244 valence electrons. The molecule has 4 aliphatic rings. The summed E-state index contributed by atoms with van der Waals surface area (Å²) >= 11 is -0.356. The van der Waals surface area contributed by atoms with Crippen LogP contribution in [-0.4, -0.2) is 107 Å². The van der Waals surface area contributed by atoms with Crippen molar-refractivity contribution < 1.29 is 31.9 Å². The molecule has 16 heteroatoms. The third-order valence-corrected chi connectivity index (χ3v) is 9.07. The minimum absolute atomic E-state index is 0.00569. The van der Waals surface area contributed by atoms with E-state index < -0.39 is 17.7 Å². The number of imidazole rings is 1. The van der Waals surface area contributed by atoms with Gasteiger partial charge < -0.3 is 30.5 Å². The largest absolute Gasteiger partial charge is 0.495 e. The molecule has 7 rings (SSSR count). The summed E-state index contributed by atoms with van der Waals surface area (Å²) in [6.45, 7) is 2.37. The van der Waals surface area contributed by atoms with Crippen molar-refractivity contribution in [2.24, 2.45) is 5.92 Å². The van der Waals surface area contributed by atoms with E-state index in [1.165, 1.54) is 23.9 Å². The lowest BCUT2D eigenvalue weighted by atomic mass is 10.00. The fourth-order valence-electron chi connectivity index (χ4n) is 5.97. The van der Waals surface area contributed by atoms with E-state index in [-0.39, 0.29) is 71.2 Å². The number of halogens is 4. The number of hydrogen-bond donors (Lipinski definition) is 3. The average Bonchev–Trinajstić information content (AvgIpc) is 3.64.